The molecule has 14 rings (SSSR count). The van der Waals surface area contributed by atoms with Crippen LogP contribution in [-0.4, -0.2) is 11.3 Å². The molecular formula is C54H36BN3OS. The van der Waals surface area contributed by atoms with Crippen LogP contribution in [0.3, 0.4) is 0 Å². The number of thiophene rings is 1. The van der Waals surface area contributed by atoms with Crippen molar-refractivity contribution >= 4 is 122 Å². The normalized spacial score (nSPS) is 13.8. The minimum Gasteiger partial charge on any atom is -0.456 e. The molecule has 282 valence electrons. The second kappa shape index (κ2) is 11.4. The van der Waals surface area contributed by atoms with Gasteiger partial charge >= 0.3 is 0 Å². The van der Waals surface area contributed by atoms with E-state index < -0.39 is 0 Å². The molecule has 3 aliphatic heterocycles. The Hall–Kier alpha value is -7.02. The summed E-state index contributed by atoms with van der Waals surface area (Å²) in [5.74, 6) is 0. The van der Waals surface area contributed by atoms with Crippen LogP contribution < -0.4 is 25.5 Å². The molecule has 3 aliphatic rings. The fourth-order valence-corrected chi connectivity index (χ4v) is 12.0. The highest BCUT2D eigenvalue weighted by Gasteiger charge is 2.48. The third-order valence-corrected chi connectivity index (χ3v) is 14.6. The summed E-state index contributed by atoms with van der Waals surface area (Å²) in [5, 5.41) is 6.10. The van der Waals surface area contributed by atoms with Crippen LogP contribution >= 0.6 is 11.3 Å². The lowest BCUT2D eigenvalue weighted by molar-refractivity contribution is 0.590. The Kier molecular flexibility index (Phi) is 6.24. The van der Waals surface area contributed by atoms with Crippen molar-refractivity contribution in [1.29, 1.82) is 0 Å². The van der Waals surface area contributed by atoms with Crippen molar-refractivity contribution in [2.24, 2.45) is 0 Å². The van der Waals surface area contributed by atoms with Gasteiger partial charge in [0.15, 0.2) is 0 Å². The number of nitrogens with zero attached hydrogens (tertiary/aromatic N) is 3. The summed E-state index contributed by atoms with van der Waals surface area (Å²) < 4.78 is 11.6. The Labute approximate surface area is 351 Å². The number of rotatable bonds is 2. The van der Waals surface area contributed by atoms with Gasteiger partial charge in [-0.25, -0.2) is 0 Å². The average Bonchev–Trinajstić information content (AvgIpc) is 3.96. The van der Waals surface area contributed by atoms with Gasteiger partial charge in [-0.3, -0.25) is 0 Å². The zero-order chi connectivity index (χ0) is 39.6. The molecule has 0 N–H and O–H groups in total. The van der Waals surface area contributed by atoms with Gasteiger partial charge in [-0.1, -0.05) is 118 Å². The van der Waals surface area contributed by atoms with Crippen molar-refractivity contribution < 1.29 is 4.42 Å². The molecule has 0 unspecified atom stereocenters. The first-order valence-electron chi connectivity index (χ1n) is 20.9. The van der Waals surface area contributed by atoms with Crippen LogP contribution in [0.2, 0.25) is 0 Å². The van der Waals surface area contributed by atoms with E-state index >= 15 is 0 Å². The van der Waals surface area contributed by atoms with Gasteiger partial charge in [0.1, 0.15) is 11.2 Å². The van der Waals surface area contributed by atoms with Gasteiger partial charge in [0, 0.05) is 53.5 Å². The van der Waals surface area contributed by atoms with Gasteiger partial charge in [-0.15, -0.1) is 11.3 Å². The predicted molar refractivity (Wildman–Crippen MR) is 255 cm³/mol. The summed E-state index contributed by atoms with van der Waals surface area (Å²) in [6.45, 7) is 7.08. The van der Waals surface area contributed by atoms with Crippen molar-refractivity contribution in [1.82, 2.24) is 4.57 Å². The van der Waals surface area contributed by atoms with Crippen LogP contribution in [-0.2, 0) is 5.41 Å². The SMILES string of the molecule is CC(C)(C)c1cc2c3c(c1)N1c4c(cccc4-n4c5ccccc5c5cccc1c54)B3c1sc3ccc(-c4ccccc4)cc3c1N2c1ccc2oc3ccccc3c2c1. The smallest absolute Gasteiger partial charge is 0.264 e. The topological polar surface area (TPSA) is 24.6 Å². The van der Waals surface area contributed by atoms with Gasteiger partial charge < -0.3 is 18.8 Å². The molecule has 0 spiro atoms. The van der Waals surface area contributed by atoms with E-state index in [1.165, 1.54) is 98.4 Å². The van der Waals surface area contributed by atoms with E-state index in [0.717, 1.165) is 27.6 Å². The Morgan fingerprint density at radius 2 is 1.25 bits per heavy atom. The maximum absolute atomic E-state index is 6.42. The van der Waals surface area contributed by atoms with E-state index in [0.29, 0.717) is 0 Å². The zero-order valence-electron chi connectivity index (χ0n) is 33.3. The molecule has 4 nitrogen and oxygen atoms in total. The fraction of sp³-hybridized carbons (Fsp3) is 0.0741. The van der Waals surface area contributed by atoms with Crippen molar-refractivity contribution in [3.05, 3.63) is 169 Å². The lowest BCUT2D eigenvalue weighted by Crippen LogP contribution is -2.61. The molecule has 60 heavy (non-hydrogen) atoms. The van der Waals surface area contributed by atoms with E-state index in [4.69, 9.17) is 4.42 Å². The second-order valence-electron chi connectivity index (χ2n) is 17.7. The molecule has 6 heterocycles. The molecule has 0 atom stereocenters. The highest BCUT2D eigenvalue weighted by molar-refractivity contribution is 7.33. The summed E-state index contributed by atoms with van der Waals surface area (Å²) in [6.07, 6.45) is 0. The van der Waals surface area contributed by atoms with E-state index in [9.17, 15) is 0 Å². The summed E-state index contributed by atoms with van der Waals surface area (Å²) in [7, 11) is 0. The van der Waals surface area contributed by atoms with Crippen molar-refractivity contribution in [2.45, 2.75) is 26.2 Å². The summed E-state index contributed by atoms with van der Waals surface area (Å²) >= 11 is 1.95. The standard InChI is InChI=1S/C54H36BN3OS/c1-54(2,3)33-28-44-49-45(29-33)58-42-20-11-17-37-35-15-7-9-19-41(35)57(50(37)42)43-21-12-18-40(52(43)58)55(49)53-51(39-27-32(23-26-48(39)60-53)31-13-5-4-6-14-31)56(44)34-24-25-47-38(30-34)36-16-8-10-22-46(36)59-47/h4-30H,1-3H3. The van der Waals surface area contributed by atoms with Crippen LogP contribution in [0.15, 0.2) is 168 Å². The van der Waals surface area contributed by atoms with Gasteiger partial charge in [-0.2, -0.15) is 0 Å². The first-order chi connectivity index (χ1) is 29.4. The third kappa shape index (κ3) is 4.16. The molecule has 0 bridgehead atoms. The molecule has 6 heteroatoms. The summed E-state index contributed by atoms with van der Waals surface area (Å²) in [6, 6.07) is 61.0. The number of hydrogen-bond donors (Lipinski definition) is 0. The third-order valence-electron chi connectivity index (χ3n) is 13.4. The van der Waals surface area contributed by atoms with E-state index in [2.05, 4.69) is 199 Å². The predicted octanol–water partition coefficient (Wildman–Crippen LogP) is 13.3. The maximum Gasteiger partial charge on any atom is 0.264 e. The first kappa shape index (κ1) is 32.9. The lowest BCUT2D eigenvalue weighted by atomic mass is 9.36. The molecule has 11 aromatic rings. The minimum atomic E-state index is -0.120. The van der Waals surface area contributed by atoms with Crippen LogP contribution in [0.4, 0.5) is 34.1 Å². The number of para-hydroxylation sites is 4. The average molecular weight is 786 g/mol. The number of furan rings is 1. The number of benzene rings is 8. The first-order valence-corrected chi connectivity index (χ1v) is 21.7. The van der Waals surface area contributed by atoms with Crippen LogP contribution in [0.25, 0.3) is 70.6 Å². The van der Waals surface area contributed by atoms with Crippen LogP contribution in [0, 0.1) is 0 Å². The van der Waals surface area contributed by atoms with E-state index in [-0.39, 0.29) is 12.1 Å². The largest absolute Gasteiger partial charge is 0.456 e. The lowest BCUT2D eigenvalue weighted by Gasteiger charge is -2.46. The Balaban J connectivity index is 1.14. The summed E-state index contributed by atoms with van der Waals surface area (Å²) in [4.78, 5) is 5.22. The van der Waals surface area contributed by atoms with E-state index in [1.54, 1.807) is 0 Å². The molecule has 0 amide bonds. The highest BCUT2D eigenvalue weighted by Crippen LogP contribution is 2.54. The van der Waals surface area contributed by atoms with Crippen molar-refractivity contribution in [3.8, 4) is 16.8 Å². The molecule has 0 aliphatic carbocycles. The Morgan fingerprint density at radius 3 is 2.12 bits per heavy atom. The number of fused-ring (bicyclic) bond motifs is 14. The number of anilines is 6. The van der Waals surface area contributed by atoms with E-state index in [1.807, 2.05) is 11.3 Å². The summed E-state index contributed by atoms with van der Waals surface area (Å²) in [5.41, 5.74) is 19.3. The van der Waals surface area contributed by atoms with Crippen molar-refractivity contribution in [3.63, 3.8) is 0 Å². The molecule has 8 aromatic carbocycles. The number of hydrogen-bond acceptors (Lipinski definition) is 4. The molecule has 0 radical (unpaired) electrons. The number of aromatic nitrogens is 1. The Bertz CT molecular complexity index is 3680. The van der Waals surface area contributed by atoms with Gasteiger partial charge in [0.25, 0.3) is 6.71 Å². The Morgan fingerprint density at radius 1 is 0.517 bits per heavy atom. The maximum atomic E-state index is 6.42. The second-order valence-corrected chi connectivity index (χ2v) is 18.8. The monoisotopic (exact) mass is 785 g/mol. The van der Waals surface area contributed by atoms with Gasteiger partial charge in [-0.05, 0) is 99.8 Å². The molecule has 0 fully saturated rings. The molecule has 3 aromatic heterocycles. The van der Waals surface area contributed by atoms with Crippen LogP contribution in [0.1, 0.15) is 26.3 Å². The van der Waals surface area contributed by atoms with Gasteiger partial charge in [0.2, 0.25) is 0 Å². The molecule has 0 saturated carbocycles. The van der Waals surface area contributed by atoms with Gasteiger partial charge in [0.05, 0.1) is 33.8 Å². The quantitative estimate of drug-likeness (QED) is 0.163. The fourth-order valence-electron chi connectivity index (χ4n) is 10.7. The van der Waals surface area contributed by atoms with Crippen LogP contribution in [0.5, 0.6) is 0 Å². The highest BCUT2D eigenvalue weighted by atomic mass is 32.1. The molecule has 0 saturated heterocycles. The minimum absolute atomic E-state index is 0.0279. The zero-order valence-corrected chi connectivity index (χ0v) is 34.1. The molecular weight excluding hydrogens is 749 g/mol. The van der Waals surface area contributed by atoms with Crippen molar-refractivity contribution in [2.75, 3.05) is 9.80 Å².